The number of carboxylic acids is 2. The number of rotatable bonds is 7. The van der Waals surface area contributed by atoms with Gasteiger partial charge in [0.1, 0.15) is 6.04 Å². The number of carbonyl (C=O) groups excluding carboxylic acids is 1. The number of benzene rings is 1. The van der Waals surface area contributed by atoms with Crippen molar-refractivity contribution in [1.29, 1.82) is 0 Å². The van der Waals surface area contributed by atoms with E-state index >= 15 is 0 Å². The summed E-state index contributed by atoms with van der Waals surface area (Å²) in [5.74, 6) is -4.68. The summed E-state index contributed by atoms with van der Waals surface area (Å²) in [6.45, 7) is -0.401. The van der Waals surface area contributed by atoms with Crippen LogP contribution in [0.2, 0.25) is 0 Å². The van der Waals surface area contributed by atoms with Gasteiger partial charge in [0.2, 0.25) is 5.91 Å². The van der Waals surface area contributed by atoms with Crippen molar-refractivity contribution in [3.63, 3.8) is 0 Å². The first-order valence-corrected chi connectivity index (χ1v) is 5.94. The summed E-state index contributed by atoms with van der Waals surface area (Å²) < 4.78 is 0. The summed E-state index contributed by atoms with van der Waals surface area (Å²) in [5, 5.41) is 20.4. The van der Waals surface area contributed by atoms with E-state index in [0.717, 1.165) is 0 Å². The van der Waals surface area contributed by atoms with E-state index < -0.39 is 36.4 Å². The molecule has 116 valence electrons. The molecule has 0 aromatic heterocycles. The minimum absolute atomic E-state index is 0. The highest BCUT2D eigenvalue weighted by Crippen LogP contribution is 2.14. The third-order valence-electron chi connectivity index (χ3n) is 2.79. The number of carbonyl (C=O) groups is 3. The van der Waals surface area contributed by atoms with Gasteiger partial charge in [-0.3, -0.25) is 9.59 Å². The van der Waals surface area contributed by atoms with Crippen molar-refractivity contribution in [3.8, 4) is 0 Å². The van der Waals surface area contributed by atoms with Gasteiger partial charge in [-0.25, -0.2) is 4.79 Å². The molecule has 21 heavy (non-hydrogen) atoms. The lowest BCUT2D eigenvalue weighted by Crippen LogP contribution is -2.50. The van der Waals surface area contributed by atoms with Gasteiger partial charge in [-0.15, -0.1) is 12.4 Å². The monoisotopic (exact) mass is 316 g/mol. The van der Waals surface area contributed by atoms with Gasteiger partial charge in [-0.1, -0.05) is 30.3 Å². The normalized spacial score (nSPS) is 12.6. The molecule has 2 atom stereocenters. The number of carboxylic acid groups (broad SMARTS) is 2. The van der Waals surface area contributed by atoms with E-state index in [1.54, 1.807) is 30.3 Å². The van der Waals surface area contributed by atoms with Crippen LogP contribution in [0.25, 0.3) is 0 Å². The Morgan fingerprint density at radius 1 is 1.10 bits per heavy atom. The van der Waals surface area contributed by atoms with E-state index in [9.17, 15) is 19.5 Å². The molecule has 8 heteroatoms. The van der Waals surface area contributed by atoms with E-state index in [-0.39, 0.29) is 18.8 Å². The lowest BCUT2D eigenvalue weighted by atomic mass is 9.92. The van der Waals surface area contributed by atoms with Crippen LogP contribution in [0.1, 0.15) is 5.56 Å². The van der Waals surface area contributed by atoms with Gasteiger partial charge in [-0.05, 0) is 12.0 Å². The molecule has 0 bridgehead atoms. The second kappa shape index (κ2) is 8.93. The molecule has 1 aromatic carbocycles. The predicted octanol–water partition coefficient (Wildman–Crippen LogP) is -0.120. The van der Waals surface area contributed by atoms with Crippen LogP contribution in [-0.4, -0.2) is 40.6 Å². The highest BCUT2D eigenvalue weighted by Gasteiger charge is 2.34. The molecule has 0 aliphatic heterocycles. The van der Waals surface area contributed by atoms with E-state index in [1.165, 1.54) is 0 Å². The molecule has 0 heterocycles. The van der Waals surface area contributed by atoms with E-state index in [4.69, 9.17) is 10.8 Å². The zero-order chi connectivity index (χ0) is 15.1. The Hall–Kier alpha value is -2.12. The van der Waals surface area contributed by atoms with Crippen LogP contribution in [0.5, 0.6) is 0 Å². The second-order valence-corrected chi connectivity index (χ2v) is 4.22. The van der Waals surface area contributed by atoms with Crippen LogP contribution in [0.15, 0.2) is 30.3 Å². The Morgan fingerprint density at radius 3 is 2.10 bits per heavy atom. The van der Waals surface area contributed by atoms with Gasteiger partial charge in [0, 0.05) is 0 Å². The minimum atomic E-state index is -1.52. The van der Waals surface area contributed by atoms with Crippen LogP contribution in [0.4, 0.5) is 0 Å². The van der Waals surface area contributed by atoms with Crippen molar-refractivity contribution in [3.05, 3.63) is 35.9 Å². The lowest BCUT2D eigenvalue weighted by molar-refractivity contribution is -0.152. The molecule has 0 spiro atoms. The van der Waals surface area contributed by atoms with Crippen molar-refractivity contribution in [2.75, 3.05) is 6.54 Å². The Labute approximate surface area is 127 Å². The molecule has 0 radical (unpaired) electrons. The topological polar surface area (TPSA) is 130 Å². The first kappa shape index (κ1) is 18.9. The van der Waals surface area contributed by atoms with Crippen LogP contribution in [-0.2, 0) is 20.8 Å². The average molecular weight is 317 g/mol. The molecule has 0 saturated carbocycles. The minimum Gasteiger partial charge on any atom is -0.481 e. The van der Waals surface area contributed by atoms with Gasteiger partial charge in [0.15, 0.2) is 0 Å². The van der Waals surface area contributed by atoms with Gasteiger partial charge in [0.05, 0.1) is 12.5 Å². The molecule has 0 aliphatic carbocycles. The summed E-state index contributed by atoms with van der Waals surface area (Å²) >= 11 is 0. The van der Waals surface area contributed by atoms with Crippen molar-refractivity contribution in [1.82, 2.24) is 5.32 Å². The highest BCUT2D eigenvalue weighted by atomic mass is 35.5. The summed E-state index contributed by atoms with van der Waals surface area (Å²) in [5.41, 5.74) is 5.77. The number of nitrogens with two attached hydrogens (primary N) is 1. The highest BCUT2D eigenvalue weighted by molar-refractivity contribution is 5.88. The molecule has 1 rings (SSSR count). The van der Waals surface area contributed by atoms with Crippen LogP contribution >= 0.6 is 12.4 Å². The quantitative estimate of drug-likeness (QED) is 0.555. The molecule has 5 N–H and O–H groups in total. The largest absolute Gasteiger partial charge is 0.481 e. The second-order valence-electron chi connectivity index (χ2n) is 4.22. The zero-order valence-electron chi connectivity index (χ0n) is 11.1. The third kappa shape index (κ3) is 5.80. The van der Waals surface area contributed by atoms with Gasteiger partial charge < -0.3 is 21.3 Å². The standard InChI is InChI=1S/C13H16N2O5.ClH/c14-7-10(16)15-11(13(19)20)9(12(17)18)6-8-4-2-1-3-5-8;/h1-5,9,11H,6-7,14H2,(H,15,16)(H,17,18)(H,19,20);1H/t9?,11-;/m0./s1. The van der Waals surface area contributed by atoms with E-state index in [1.807, 2.05) is 0 Å². The fourth-order valence-electron chi connectivity index (χ4n) is 1.78. The Bertz CT molecular complexity index is 495. The molecule has 0 fully saturated rings. The van der Waals surface area contributed by atoms with Crippen molar-refractivity contribution >= 4 is 30.3 Å². The maximum absolute atomic E-state index is 11.3. The van der Waals surface area contributed by atoms with E-state index in [2.05, 4.69) is 5.32 Å². The fraction of sp³-hybridized carbons (Fsp3) is 0.308. The Morgan fingerprint density at radius 2 is 1.67 bits per heavy atom. The summed E-state index contributed by atoms with van der Waals surface area (Å²) in [6.07, 6.45) is -0.00199. The first-order valence-electron chi connectivity index (χ1n) is 5.94. The number of hydrogen-bond acceptors (Lipinski definition) is 4. The summed E-state index contributed by atoms with van der Waals surface area (Å²) in [7, 11) is 0. The van der Waals surface area contributed by atoms with Crippen LogP contribution < -0.4 is 11.1 Å². The average Bonchev–Trinajstić information content (AvgIpc) is 2.42. The SMILES string of the molecule is Cl.NCC(=O)N[C@H](C(=O)O)C(Cc1ccccc1)C(=O)O. The zero-order valence-corrected chi connectivity index (χ0v) is 11.9. The summed E-state index contributed by atoms with van der Waals surface area (Å²) in [4.78, 5) is 33.7. The van der Waals surface area contributed by atoms with Crippen molar-refractivity contribution in [2.24, 2.45) is 11.7 Å². The number of hydrogen-bond donors (Lipinski definition) is 4. The Balaban J connectivity index is 0.00000400. The maximum atomic E-state index is 11.3. The van der Waals surface area contributed by atoms with Gasteiger partial charge >= 0.3 is 11.9 Å². The first-order chi connectivity index (χ1) is 9.45. The molecule has 1 amide bonds. The molecule has 1 aromatic rings. The molecule has 0 aliphatic rings. The molecule has 0 saturated heterocycles. The molecule has 1 unspecified atom stereocenters. The number of nitrogens with one attached hydrogen (secondary N) is 1. The molecular weight excluding hydrogens is 300 g/mol. The maximum Gasteiger partial charge on any atom is 0.327 e. The van der Waals surface area contributed by atoms with E-state index in [0.29, 0.717) is 5.56 Å². The smallest absolute Gasteiger partial charge is 0.327 e. The van der Waals surface area contributed by atoms with Gasteiger partial charge in [-0.2, -0.15) is 0 Å². The third-order valence-corrected chi connectivity index (χ3v) is 2.79. The van der Waals surface area contributed by atoms with Crippen LogP contribution in [0, 0.1) is 5.92 Å². The van der Waals surface area contributed by atoms with Gasteiger partial charge in [0.25, 0.3) is 0 Å². The number of amides is 1. The van der Waals surface area contributed by atoms with Crippen LogP contribution in [0.3, 0.4) is 0 Å². The van der Waals surface area contributed by atoms with Crippen molar-refractivity contribution < 1.29 is 24.6 Å². The fourth-order valence-corrected chi connectivity index (χ4v) is 1.78. The van der Waals surface area contributed by atoms with Crippen molar-refractivity contribution in [2.45, 2.75) is 12.5 Å². The molecular formula is C13H17ClN2O5. The lowest BCUT2D eigenvalue weighted by Gasteiger charge is -2.21. The Kier molecular flexibility index (Phi) is 8.03. The predicted molar refractivity (Wildman–Crippen MR) is 77.1 cm³/mol. The number of halogens is 1. The summed E-state index contributed by atoms with van der Waals surface area (Å²) in [6, 6.07) is 7.08. The number of aliphatic carboxylic acids is 2. The molecule has 7 nitrogen and oxygen atoms in total.